The van der Waals surface area contributed by atoms with Gasteiger partial charge in [-0.25, -0.2) is 4.39 Å². The zero-order valence-electron chi connectivity index (χ0n) is 16.7. The second-order valence-electron chi connectivity index (χ2n) is 7.28. The van der Waals surface area contributed by atoms with Gasteiger partial charge in [0.25, 0.3) is 0 Å². The first-order valence-electron chi connectivity index (χ1n) is 10.3. The number of rotatable bonds is 7. The van der Waals surface area contributed by atoms with Gasteiger partial charge < -0.3 is 19.7 Å². The largest absolute Gasteiger partial charge is 0.376 e. The van der Waals surface area contributed by atoms with Crippen molar-refractivity contribution in [1.82, 2.24) is 10.2 Å². The number of guanidine groups is 1. The van der Waals surface area contributed by atoms with E-state index < -0.39 is 0 Å². The molecule has 7 heteroatoms. The molecule has 1 aromatic carbocycles. The van der Waals surface area contributed by atoms with E-state index in [9.17, 15) is 4.39 Å². The van der Waals surface area contributed by atoms with Gasteiger partial charge in [0, 0.05) is 43.9 Å². The van der Waals surface area contributed by atoms with Gasteiger partial charge in [-0.05, 0) is 56.4 Å². The average Bonchev–Trinajstić information content (AvgIpc) is 2.75. The Hall–Kier alpha value is -1.31. The van der Waals surface area contributed by atoms with Crippen LogP contribution in [0.3, 0.4) is 0 Å². The van der Waals surface area contributed by atoms with Crippen LogP contribution in [0.25, 0.3) is 0 Å². The van der Waals surface area contributed by atoms with Crippen LogP contribution in [0.2, 0.25) is 0 Å². The van der Waals surface area contributed by atoms with Crippen molar-refractivity contribution in [3.8, 4) is 0 Å². The molecule has 2 aliphatic rings. The zero-order chi connectivity index (χ0) is 19.6. The lowest BCUT2D eigenvalue weighted by atomic mass is 10.1. The number of benzene rings is 1. The van der Waals surface area contributed by atoms with E-state index in [1.165, 1.54) is 25.0 Å². The number of hydrogen-bond donors (Lipinski definition) is 1. The van der Waals surface area contributed by atoms with E-state index in [4.69, 9.17) is 9.47 Å². The third-order valence-electron chi connectivity index (χ3n) is 5.21. The summed E-state index contributed by atoms with van der Waals surface area (Å²) < 4.78 is 24.8. The summed E-state index contributed by atoms with van der Waals surface area (Å²) in [5, 5.41) is 3.44. The van der Waals surface area contributed by atoms with Crippen molar-refractivity contribution < 1.29 is 13.9 Å². The first-order chi connectivity index (χ1) is 13.7. The number of nitrogens with zero attached hydrogens (tertiary/aromatic N) is 2. The molecule has 2 fully saturated rings. The molecule has 0 aliphatic carbocycles. The minimum Gasteiger partial charge on any atom is -0.376 e. The number of likely N-dealkylation sites (tertiary alicyclic amines) is 1. The van der Waals surface area contributed by atoms with Crippen LogP contribution in [-0.4, -0.2) is 68.7 Å². The predicted octanol–water partition coefficient (Wildman–Crippen LogP) is 3.54. The van der Waals surface area contributed by atoms with Crippen molar-refractivity contribution >= 4 is 17.7 Å². The summed E-state index contributed by atoms with van der Waals surface area (Å²) in [6, 6.07) is 6.64. The molecule has 0 spiro atoms. The Labute approximate surface area is 172 Å². The van der Waals surface area contributed by atoms with Crippen LogP contribution in [0.1, 0.15) is 32.1 Å². The molecule has 2 heterocycles. The Kier molecular flexibility index (Phi) is 8.89. The third kappa shape index (κ3) is 6.94. The van der Waals surface area contributed by atoms with Crippen LogP contribution in [0.4, 0.5) is 4.39 Å². The number of thioether (sulfide) groups is 1. The number of nitrogens with one attached hydrogen (secondary N) is 1. The van der Waals surface area contributed by atoms with Crippen LogP contribution >= 0.6 is 11.8 Å². The quantitative estimate of drug-likeness (QED) is 0.323. The van der Waals surface area contributed by atoms with Gasteiger partial charge >= 0.3 is 0 Å². The van der Waals surface area contributed by atoms with Crippen LogP contribution in [0, 0.1) is 5.82 Å². The molecule has 1 N–H and O–H groups in total. The van der Waals surface area contributed by atoms with Gasteiger partial charge in [0.1, 0.15) is 5.82 Å². The summed E-state index contributed by atoms with van der Waals surface area (Å²) in [6.45, 7) is 4.36. The minimum atomic E-state index is -0.193. The van der Waals surface area contributed by atoms with Crippen molar-refractivity contribution in [2.45, 2.75) is 49.2 Å². The summed E-state index contributed by atoms with van der Waals surface area (Å²) in [6.07, 6.45) is 6.24. The Morgan fingerprint density at radius 2 is 2.04 bits per heavy atom. The van der Waals surface area contributed by atoms with Crippen LogP contribution < -0.4 is 5.32 Å². The van der Waals surface area contributed by atoms with Gasteiger partial charge in [-0.2, -0.15) is 0 Å². The van der Waals surface area contributed by atoms with Crippen molar-refractivity contribution in [2.24, 2.45) is 4.99 Å². The second kappa shape index (κ2) is 11.6. The monoisotopic (exact) mass is 409 g/mol. The maximum absolute atomic E-state index is 12.9. The fourth-order valence-electron chi connectivity index (χ4n) is 3.61. The summed E-state index contributed by atoms with van der Waals surface area (Å²) >= 11 is 1.71. The molecule has 0 bridgehead atoms. The molecule has 0 saturated carbocycles. The van der Waals surface area contributed by atoms with Crippen molar-refractivity contribution in [2.75, 3.05) is 45.6 Å². The van der Waals surface area contributed by atoms with Crippen LogP contribution in [0.15, 0.2) is 34.2 Å². The normalized spacial score (nSPS) is 21.7. The maximum atomic E-state index is 12.9. The van der Waals surface area contributed by atoms with E-state index in [-0.39, 0.29) is 5.82 Å². The smallest absolute Gasteiger partial charge is 0.193 e. The molecule has 156 valence electrons. The standard InChI is InChI=1S/C21H32FN3O2S/c1-23-21(24-11-15-28-20-7-5-17(22)6-8-20)25-12-9-18(10-13-25)27-16-19-4-2-3-14-26-19/h5-8,18-19H,2-4,9-16H2,1H3,(H,23,24). The first-order valence-corrected chi connectivity index (χ1v) is 11.3. The molecule has 3 rings (SSSR count). The molecule has 0 aromatic heterocycles. The SMILES string of the molecule is CN=C(NCCSc1ccc(F)cc1)N1CCC(OCC2CCCCO2)CC1. The lowest BCUT2D eigenvalue weighted by Gasteiger charge is -2.35. The number of aliphatic imine (C=N–C) groups is 1. The lowest BCUT2D eigenvalue weighted by Crippen LogP contribution is -2.47. The summed E-state index contributed by atoms with van der Waals surface area (Å²) in [5.41, 5.74) is 0. The Balaban J connectivity index is 1.31. The molecule has 5 nitrogen and oxygen atoms in total. The number of ether oxygens (including phenoxy) is 2. The Morgan fingerprint density at radius 3 is 2.71 bits per heavy atom. The molecule has 28 heavy (non-hydrogen) atoms. The van der Waals surface area contributed by atoms with Gasteiger partial charge in [-0.15, -0.1) is 11.8 Å². The highest BCUT2D eigenvalue weighted by Gasteiger charge is 2.23. The fraction of sp³-hybridized carbons (Fsp3) is 0.667. The highest BCUT2D eigenvalue weighted by Crippen LogP contribution is 2.19. The molecule has 0 radical (unpaired) electrons. The fourth-order valence-corrected chi connectivity index (χ4v) is 4.38. The Bertz CT molecular complexity index is 600. The molecular weight excluding hydrogens is 377 g/mol. The van der Waals surface area contributed by atoms with Crippen molar-refractivity contribution in [3.05, 3.63) is 30.1 Å². The van der Waals surface area contributed by atoms with E-state index in [0.717, 1.165) is 68.7 Å². The summed E-state index contributed by atoms with van der Waals surface area (Å²) in [5.74, 6) is 1.67. The van der Waals surface area contributed by atoms with Gasteiger partial charge in [-0.1, -0.05) is 0 Å². The average molecular weight is 410 g/mol. The van der Waals surface area contributed by atoms with Crippen LogP contribution in [-0.2, 0) is 9.47 Å². The highest BCUT2D eigenvalue weighted by atomic mass is 32.2. The Morgan fingerprint density at radius 1 is 1.25 bits per heavy atom. The van der Waals surface area contributed by atoms with E-state index in [1.807, 2.05) is 19.2 Å². The first kappa shape index (κ1) is 21.4. The molecule has 1 unspecified atom stereocenters. The topological polar surface area (TPSA) is 46.1 Å². The number of halogens is 1. The van der Waals surface area contributed by atoms with Gasteiger partial charge in [0.05, 0.1) is 18.8 Å². The number of piperidine rings is 1. The molecular formula is C21H32FN3O2S. The van der Waals surface area contributed by atoms with Crippen molar-refractivity contribution in [3.63, 3.8) is 0 Å². The van der Waals surface area contributed by atoms with Crippen molar-refractivity contribution in [1.29, 1.82) is 0 Å². The molecule has 0 amide bonds. The minimum absolute atomic E-state index is 0.193. The second-order valence-corrected chi connectivity index (χ2v) is 8.45. The summed E-state index contributed by atoms with van der Waals surface area (Å²) in [7, 11) is 1.83. The zero-order valence-corrected chi connectivity index (χ0v) is 17.6. The third-order valence-corrected chi connectivity index (χ3v) is 6.23. The molecule has 2 aliphatic heterocycles. The predicted molar refractivity (Wildman–Crippen MR) is 113 cm³/mol. The molecule has 1 aromatic rings. The summed E-state index contributed by atoms with van der Waals surface area (Å²) in [4.78, 5) is 7.81. The molecule has 2 saturated heterocycles. The van der Waals surface area contributed by atoms with Gasteiger partial charge in [0.15, 0.2) is 5.96 Å². The van der Waals surface area contributed by atoms with Gasteiger partial charge in [0.2, 0.25) is 0 Å². The lowest BCUT2D eigenvalue weighted by molar-refractivity contribution is -0.0721. The van der Waals surface area contributed by atoms with E-state index in [1.54, 1.807) is 11.8 Å². The van der Waals surface area contributed by atoms with E-state index in [2.05, 4.69) is 15.2 Å². The van der Waals surface area contributed by atoms with Crippen LogP contribution in [0.5, 0.6) is 0 Å². The number of hydrogen-bond acceptors (Lipinski definition) is 4. The van der Waals surface area contributed by atoms with E-state index in [0.29, 0.717) is 12.2 Å². The maximum Gasteiger partial charge on any atom is 0.193 e. The van der Waals surface area contributed by atoms with Gasteiger partial charge in [-0.3, -0.25) is 4.99 Å². The molecule has 1 atom stereocenters. The van der Waals surface area contributed by atoms with E-state index >= 15 is 0 Å². The highest BCUT2D eigenvalue weighted by molar-refractivity contribution is 7.99.